The number of aromatic nitrogens is 1. The zero-order valence-electron chi connectivity index (χ0n) is 18.9. The maximum absolute atomic E-state index is 13.1. The van der Waals surface area contributed by atoms with E-state index >= 15 is 0 Å². The standard InChI is InChI=1S/C22H31N5O6S/c1-11(2)18(27-19(29)14(23)9-28)21(31)25-16(20(30)26-17(10-34)22(32)33)7-12-8-24-15-6-4-3-5-13(12)15/h3-6,8,11,14,16-18,24,28,34H,7,9-10,23H2,1-2H3,(H,25,31)(H,26,30)(H,27,29)(H,32,33). The number of nitrogens with one attached hydrogen (secondary N) is 4. The Morgan fingerprint density at radius 3 is 2.26 bits per heavy atom. The van der Waals surface area contributed by atoms with Crippen LogP contribution in [0.2, 0.25) is 0 Å². The Hall–Kier alpha value is -3.09. The number of fused-ring (bicyclic) bond motifs is 1. The average Bonchev–Trinajstić information content (AvgIpc) is 3.21. The largest absolute Gasteiger partial charge is 0.480 e. The van der Waals surface area contributed by atoms with Crippen LogP contribution in [0.15, 0.2) is 30.5 Å². The fraction of sp³-hybridized carbons (Fsp3) is 0.455. The van der Waals surface area contributed by atoms with E-state index in [4.69, 9.17) is 10.8 Å². The normalized spacial score (nSPS) is 14.8. The van der Waals surface area contributed by atoms with E-state index in [2.05, 4.69) is 33.6 Å². The Morgan fingerprint density at radius 2 is 1.68 bits per heavy atom. The van der Waals surface area contributed by atoms with E-state index in [9.17, 15) is 24.3 Å². The van der Waals surface area contributed by atoms with Crippen LogP contribution in [0.3, 0.4) is 0 Å². The van der Waals surface area contributed by atoms with E-state index in [0.29, 0.717) is 0 Å². The second-order valence-corrected chi connectivity index (χ2v) is 8.59. The lowest BCUT2D eigenvalue weighted by Gasteiger charge is -2.26. The number of carboxylic acid groups (broad SMARTS) is 1. The number of rotatable bonds is 12. The lowest BCUT2D eigenvalue weighted by atomic mass is 10.00. The Kier molecular flexibility index (Phi) is 9.90. The van der Waals surface area contributed by atoms with E-state index < -0.39 is 54.5 Å². The smallest absolute Gasteiger partial charge is 0.327 e. The summed E-state index contributed by atoms with van der Waals surface area (Å²) in [6.07, 6.45) is 1.78. The molecule has 8 N–H and O–H groups in total. The van der Waals surface area contributed by atoms with Crippen LogP contribution in [-0.2, 0) is 25.6 Å². The molecular weight excluding hydrogens is 462 g/mol. The molecule has 1 aromatic carbocycles. The number of hydrogen-bond acceptors (Lipinski definition) is 7. The molecule has 12 heteroatoms. The fourth-order valence-corrected chi connectivity index (χ4v) is 3.57. The molecule has 2 aromatic rings. The minimum absolute atomic E-state index is 0.0649. The minimum Gasteiger partial charge on any atom is -0.480 e. The Bertz CT molecular complexity index is 1030. The number of nitrogens with two attached hydrogens (primary N) is 1. The number of carbonyl (C=O) groups excluding carboxylic acids is 3. The van der Waals surface area contributed by atoms with Crippen LogP contribution in [-0.4, -0.2) is 75.4 Å². The van der Waals surface area contributed by atoms with Crippen LogP contribution in [0.4, 0.5) is 0 Å². The summed E-state index contributed by atoms with van der Waals surface area (Å²) in [5.41, 5.74) is 7.11. The van der Waals surface area contributed by atoms with Gasteiger partial charge in [0.05, 0.1) is 6.61 Å². The van der Waals surface area contributed by atoms with Crippen LogP contribution in [0.5, 0.6) is 0 Å². The molecular formula is C22H31N5O6S. The van der Waals surface area contributed by atoms with E-state index in [1.54, 1.807) is 20.0 Å². The molecule has 0 saturated carbocycles. The SMILES string of the molecule is CC(C)C(NC(=O)C(N)CO)C(=O)NC(Cc1c[nH]c2ccccc12)C(=O)NC(CS)C(=O)O. The molecule has 0 aliphatic rings. The summed E-state index contributed by atoms with van der Waals surface area (Å²) in [5.74, 6) is -3.83. The molecule has 0 saturated heterocycles. The molecule has 0 aliphatic carbocycles. The molecule has 0 radical (unpaired) electrons. The van der Waals surface area contributed by atoms with Crippen LogP contribution in [0.25, 0.3) is 10.9 Å². The lowest BCUT2D eigenvalue weighted by Crippen LogP contribution is -2.59. The molecule has 34 heavy (non-hydrogen) atoms. The number of aliphatic hydroxyl groups excluding tert-OH is 1. The van der Waals surface area contributed by atoms with Crippen LogP contribution >= 0.6 is 12.6 Å². The number of thiol groups is 1. The third kappa shape index (κ3) is 6.95. The van der Waals surface area contributed by atoms with Crippen molar-refractivity contribution in [3.63, 3.8) is 0 Å². The molecule has 1 aromatic heterocycles. The maximum Gasteiger partial charge on any atom is 0.327 e. The van der Waals surface area contributed by atoms with Gasteiger partial charge in [0.25, 0.3) is 0 Å². The van der Waals surface area contributed by atoms with Crippen molar-refractivity contribution in [2.75, 3.05) is 12.4 Å². The molecule has 11 nitrogen and oxygen atoms in total. The summed E-state index contributed by atoms with van der Waals surface area (Å²) in [6.45, 7) is 2.81. The Labute approximate surface area is 202 Å². The van der Waals surface area contributed by atoms with Crippen molar-refractivity contribution in [3.8, 4) is 0 Å². The van der Waals surface area contributed by atoms with Crippen LogP contribution in [0, 0.1) is 5.92 Å². The highest BCUT2D eigenvalue weighted by molar-refractivity contribution is 7.80. The first kappa shape index (κ1) is 27.2. The van der Waals surface area contributed by atoms with E-state index in [0.717, 1.165) is 16.5 Å². The highest BCUT2D eigenvalue weighted by Crippen LogP contribution is 2.19. The second-order valence-electron chi connectivity index (χ2n) is 8.23. The van der Waals surface area contributed by atoms with Gasteiger partial charge in [-0.3, -0.25) is 14.4 Å². The van der Waals surface area contributed by atoms with Gasteiger partial charge in [-0.05, 0) is 17.5 Å². The highest BCUT2D eigenvalue weighted by atomic mass is 32.1. The molecule has 4 unspecified atom stereocenters. The van der Waals surface area contributed by atoms with E-state index in [-0.39, 0.29) is 18.1 Å². The minimum atomic E-state index is -1.26. The van der Waals surface area contributed by atoms with Gasteiger partial charge >= 0.3 is 5.97 Å². The van der Waals surface area contributed by atoms with Crippen LogP contribution in [0.1, 0.15) is 19.4 Å². The third-order valence-corrected chi connectivity index (χ3v) is 5.67. The zero-order valence-corrected chi connectivity index (χ0v) is 19.8. The first-order valence-electron chi connectivity index (χ1n) is 10.7. The first-order valence-corrected chi connectivity index (χ1v) is 11.4. The number of benzene rings is 1. The maximum atomic E-state index is 13.1. The van der Waals surface area contributed by atoms with Crippen molar-refractivity contribution in [2.45, 2.75) is 44.4 Å². The van der Waals surface area contributed by atoms with Gasteiger partial charge in [0.2, 0.25) is 17.7 Å². The molecule has 0 aliphatic heterocycles. The zero-order chi connectivity index (χ0) is 25.4. The summed E-state index contributed by atoms with van der Waals surface area (Å²) < 4.78 is 0. The topological polar surface area (TPSA) is 187 Å². The molecule has 3 amide bonds. The predicted octanol–water partition coefficient (Wildman–Crippen LogP) is -0.845. The van der Waals surface area contributed by atoms with Gasteiger partial charge in [-0.25, -0.2) is 4.79 Å². The number of carboxylic acids is 1. The highest BCUT2D eigenvalue weighted by Gasteiger charge is 2.32. The quantitative estimate of drug-likeness (QED) is 0.177. The Morgan fingerprint density at radius 1 is 1.03 bits per heavy atom. The van der Waals surface area contributed by atoms with Gasteiger partial charge in [0.1, 0.15) is 24.2 Å². The summed E-state index contributed by atoms with van der Waals surface area (Å²) in [4.78, 5) is 52.7. The van der Waals surface area contributed by atoms with Crippen molar-refractivity contribution < 1.29 is 29.4 Å². The molecule has 0 bridgehead atoms. The first-order chi connectivity index (χ1) is 16.1. The molecule has 4 atom stereocenters. The number of amides is 3. The van der Waals surface area contributed by atoms with Gasteiger partial charge in [0.15, 0.2) is 0 Å². The lowest BCUT2D eigenvalue weighted by molar-refractivity contribution is -0.141. The number of aromatic amines is 1. The number of H-pyrrole nitrogens is 1. The summed E-state index contributed by atoms with van der Waals surface area (Å²) in [7, 11) is 0. The third-order valence-electron chi connectivity index (χ3n) is 5.31. The van der Waals surface area contributed by atoms with Crippen molar-refractivity contribution in [1.82, 2.24) is 20.9 Å². The van der Waals surface area contributed by atoms with Crippen molar-refractivity contribution in [1.29, 1.82) is 0 Å². The summed E-state index contributed by atoms with van der Waals surface area (Å²) in [5, 5.41) is 26.7. The van der Waals surface area contributed by atoms with E-state index in [1.807, 2.05) is 24.3 Å². The van der Waals surface area contributed by atoms with Crippen molar-refractivity contribution >= 4 is 47.2 Å². The van der Waals surface area contributed by atoms with Gasteiger partial charge in [0, 0.05) is 29.3 Å². The van der Waals surface area contributed by atoms with Gasteiger partial charge in [-0.1, -0.05) is 32.0 Å². The number of carbonyl (C=O) groups is 4. The number of para-hydroxylation sites is 1. The molecule has 1 heterocycles. The van der Waals surface area contributed by atoms with Crippen molar-refractivity contribution in [2.24, 2.45) is 11.7 Å². The summed E-state index contributed by atoms with van der Waals surface area (Å²) >= 11 is 3.96. The van der Waals surface area contributed by atoms with E-state index in [1.165, 1.54) is 0 Å². The van der Waals surface area contributed by atoms with Crippen LogP contribution < -0.4 is 21.7 Å². The van der Waals surface area contributed by atoms with Crippen molar-refractivity contribution in [3.05, 3.63) is 36.0 Å². The molecule has 0 fully saturated rings. The predicted molar refractivity (Wildman–Crippen MR) is 129 cm³/mol. The monoisotopic (exact) mass is 493 g/mol. The number of hydrogen-bond donors (Lipinski definition) is 8. The number of aliphatic hydroxyl groups is 1. The second kappa shape index (κ2) is 12.4. The molecule has 0 spiro atoms. The average molecular weight is 494 g/mol. The molecule has 2 rings (SSSR count). The molecule has 186 valence electrons. The van der Waals surface area contributed by atoms with Gasteiger partial charge in [-0.15, -0.1) is 0 Å². The summed E-state index contributed by atoms with van der Waals surface area (Å²) in [6, 6.07) is 2.78. The van der Waals surface area contributed by atoms with Gasteiger partial charge < -0.3 is 36.9 Å². The van der Waals surface area contributed by atoms with Gasteiger partial charge in [-0.2, -0.15) is 12.6 Å². The fourth-order valence-electron chi connectivity index (χ4n) is 3.33. The number of aliphatic carboxylic acids is 1. The Balaban J connectivity index is 2.29.